The zero-order valence-corrected chi connectivity index (χ0v) is 16.3. The number of nitrogen functional groups attached to an aromatic ring is 1. The minimum Gasteiger partial charge on any atom is -0.465 e. The Labute approximate surface area is 171 Å². The van der Waals surface area contributed by atoms with Gasteiger partial charge in [0.25, 0.3) is 0 Å². The van der Waals surface area contributed by atoms with Crippen molar-refractivity contribution in [3.8, 4) is 21.8 Å². The molecular formula is C21H17N5O2S. The quantitative estimate of drug-likeness (QED) is 0.477. The Kier molecular flexibility index (Phi) is 5.17. The fourth-order valence-corrected chi connectivity index (χ4v) is 3.64. The molecule has 0 saturated carbocycles. The zero-order chi connectivity index (χ0) is 20.2. The highest BCUT2D eigenvalue weighted by atomic mass is 32.1. The van der Waals surface area contributed by atoms with Crippen LogP contribution in [0, 0.1) is 0 Å². The molecule has 144 valence electrons. The number of nitrogens with zero attached hydrogens (tertiary/aromatic N) is 3. The maximum atomic E-state index is 11.7. The number of nitrogens with one attached hydrogen (secondary N) is 1. The molecule has 0 aliphatic heterocycles. The second-order valence-corrected chi connectivity index (χ2v) is 7.09. The molecule has 7 nitrogen and oxygen atoms in total. The molecule has 29 heavy (non-hydrogen) atoms. The Morgan fingerprint density at radius 3 is 2.69 bits per heavy atom. The lowest BCUT2D eigenvalue weighted by Crippen LogP contribution is -2.03. The van der Waals surface area contributed by atoms with Gasteiger partial charge in [0.2, 0.25) is 5.95 Å². The van der Waals surface area contributed by atoms with Gasteiger partial charge in [-0.2, -0.15) is 0 Å². The van der Waals surface area contributed by atoms with Gasteiger partial charge in [-0.05, 0) is 24.3 Å². The molecule has 0 radical (unpaired) electrons. The summed E-state index contributed by atoms with van der Waals surface area (Å²) in [7, 11) is 1.35. The number of anilines is 3. The molecule has 4 aromatic rings. The van der Waals surface area contributed by atoms with Crippen LogP contribution in [0.3, 0.4) is 0 Å². The van der Waals surface area contributed by atoms with Gasteiger partial charge in [-0.15, -0.1) is 0 Å². The minimum absolute atomic E-state index is 0.399. The number of nitrogens with two attached hydrogens (primary N) is 1. The summed E-state index contributed by atoms with van der Waals surface area (Å²) in [5.41, 5.74) is 9.55. The normalized spacial score (nSPS) is 10.5. The molecule has 0 spiro atoms. The number of benzene rings is 2. The Balaban J connectivity index is 1.67. The van der Waals surface area contributed by atoms with Crippen LogP contribution in [0.2, 0.25) is 0 Å². The van der Waals surface area contributed by atoms with Crippen molar-refractivity contribution >= 4 is 34.1 Å². The van der Waals surface area contributed by atoms with E-state index in [1.165, 1.54) is 18.4 Å². The second kappa shape index (κ2) is 8.07. The molecule has 8 heteroatoms. The van der Waals surface area contributed by atoms with Crippen LogP contribution < -0.4 is 11.1 Å². The van der Waals surface area contributed by atoms with Gasteiger partial charge in [-0.1, -0.05) is 47.7 Å². The van der Waals surface area contributed by atoms with Gasteiger partial charge in [-0.25, -0.2) is 19.7 Å². The summed E-state index contributed by atoms with van der Waals surface area (Å²) in [4.78, 5) is 26.0. The van der Waals surface area contributed by atoms with Gasteiger partial charge in [0.15, 0.2) is 5.13 Å². The standard InChI is InChI=1S/C21H17N5O2S/c1-28-19(27)14-8-5-9-15(12-14)24-21-23-11-10-16(25-21)18-17(26-20(22)29-18)13-6-3-2-4-7-13/h2-12H,1H3,(H2,22,26)(H,23,24,25). The number of hydrogen-bond acceptors (Lipinski definition) is 8. The molecular weight excluding hydrogens is 386 g/mol. The number of rotatable bonds is 5. The van der Waals surface area contributed by atoms with Crippen LogP contribution in [0.25, 0.3) is 21.8 Å². The van der Waals surface area contributed by atoms with Crippen molar-refractivity contribution < 1.29 is 9.53 Å². The first-order chi connectivity index (χ1) is 14.1. The first-order valence-electron chi connectivity index (χ1n) is 8.74. The van der Waals surface area contributed by atoms with Gasteiger partial charge in [0.05, 0.1) is 28.9 Å². The molecule has 2 aromatic heterocycles. The fourth-order valence-electron chi connectivity index (χ4n) is 2.82. The molecule has 4 rings (SSSR count). The molecule has 2 aromatic carbocycles. The van der Waals surface area contributed by atoms with Crippen LogP contribution in [-0.2, 0) is 4.74 Å². The largest absolute Gasteiger partial charge is 0.465 e. The number of esters is 1. The summed E-state index contributed by atoms with van der Waals surface area (Å²) in [6.07, 6.45) is 1.67. The Morgan fingerprint density at radius 1 is 1.07 bits per heavy atom. The predicted molar refractivity (Wildman–Crippen MR) is 114 cm³/mol. The monoisotopic (exact) mass is 403 g/mol. The second-order valence-electron chi connectivity index (χ2n) is 6.06. The van der Waals surface area contributed by atoms with Crippen LogP contribution in [0.1, 0.15) is 10.4 Å². The number of thiazole rings is 1. The Bertz CT molecular complexity index is 1160. The molecule has 0 fully saturated rings. The number of ether oxygens (including phenoxy) is 1. The highest BCUT2D eigenvalue weighted by molar-refractivity contribution is 7.19. The van der Waals surface area contributed by atoms with Gasteiger partial charge in [0.1, 0.15) is 0 Å². The lowest BCUT2D eigenvalue weighted by Gasteiger charge is -2.08. The summed E-state index contributed by atoms with van der Waals surface area (Å²) in [5, 5.41) is 3.59. The van der Waals surface area contributed by atoms with E-state index in [1.807, 2.05) is 42.5 Å². The number of methoxy groups -OCH3 is 1. The third-order valence-electron chi connectivity index (χ3n) is 4.12. The minimum atomic E-state index is -0.407. The number of carbonyl (C=O) groups excluding carboxylic acids is 1. The zero-order valence-electron chi connectivity index (χ0n) is 15.5. The van der Waals surface area contributed by atoms with Crippen LogP contribution in [0.4, 0.5) is 16.8 Å². The number of aromatic nitrogens is 3. The highest BCUT2D eigenvalue weighted by Gasteiger charge is 2.15. The van der Waals surface area contributed by atoms with Crippen LogP contribution in [0.5, 0.6) is 0 Å². The van der Waals surface area contributed by atoms with Gasteiger partial charge >= 0.3 is 5.97 Å². The molecule has 0 amide bonds. The molecule has 0 unspecified atom stereocenters. The summed E-state index contributed by atoms with van der Waals surface area (Å²) >= 11 is 1.37. The summed E-state index contributed by atoms with van der Waals surface area (Å²) in [5.74, 6) is -0.00791. The first-order valence-corrected chi connectivity index (χ1v) is 9.56. The lowest BCUT2D eigenvalue weighted by molar-refractivity contribution is 0.0601. The van der Waals surface area contributed by atoms with E-state index in [4.69, 9.17) is 10.5 Å². The molecule has 0 aliphatic rings. The average molecular weight is 403 g/mol. The number of hydrogen-bond donors (Lipinski definition) is 2. The maximum Gasteiger partial charge on any atom is 0.337 e. The van der Waals surface area contributed by atoms with E-state index in [2.05, 4.69) is 20.3 Å². The van der Waals surface area contributed by atoms with E-state index in [-0.39, 0.29) is 0 Å². The highest BCUT2D eigenvalue weighted by Crippen LogP contribution is 2.37. The van der Waals surface area contributed by atoms with E-state index in [0.29, 0.717) is 28.0 Å². The summed E-state index contributed by atoms with van der Waals surface area (Å²) in [6.45, 7) is 0. The SMILES string of the molecule is COC(=O)c1cccc(Nc2nccc(-c3sc(N)nc3-c3ccccc3)n2)c1. The van der Waals surface area contributed by atoms with Crippen LogP contribution in [-0.4, -0.2) is 28.0 Å². The van der Waals surface area contributed by atoms with Crippen molar-refractivity contribution in [1.29, 1.82) is 0 Å². The van der Waals surface area contributed by atoms with Crippen molar-refractivity contribution in [2.45, 2.75) is 0 Å². The third kappa shape index (κ3) is 4.07. The van der Waals surface area contributed by atoms with E-state index in [0.717, 1.165) is 16.1 Å². The van der Waals surface area contributed by atoms with Gasteiger partial charge in [-0.3, -0.25) is 0 Å². The summed E-state index contributed by atoms with van der Waals surface area (Å²) in [6, 6.07) is 18.6. The van der Waals surface area contributed by atoms with Crippen LogP contribution in [0.15, 0.2) is 66.9 Å². The maximum absolute atomic E-state index is 11.7. The smallest absolute Gasteiger partial charge is 0.337 e. The van der Waals surface area contributed by atoms with E-state index in [9.17, 15) is 4.79 Å². The summed E-state index contributed by atoms with van der Waals surface area (Å²) < 4.78 is 4.76. The van der Waals surface area contributed by atoms with Crippen LogP contribution >= 0.6 is 11.3 Å². The van der Waals surface area contributed by atoms with E-state index < -0.39 is 5.97 Å². The molecule has 0 atom stereocenters. The predicted octanol–water partition coefficient (Wildman–Crippen LogP) is 4.38. The molecule has 0 aliphatic carbocycles. The fraction of sp³-hybridized carbons (Fsp3) is 0.0476. The molecule has 0 bridgehead atoms. The first kappa shape index (κ1) is 18.6. The van der Waals surface area contributed by atoms with E-state index in [1.54, 1.807) is 24.4 Å². The van der Waals surface area contributed by atoms with Crippen molar-refractivity contribution in [2.75, 3.05) is 18.2 Å². The van der Waals surface area contributed by atoms with Crippen molar-refractivity contribution in [1.82, 2.24) is 15.0 Å². The van der Waals surface area contributed by atoms with Gasteiger partial charge < -0.3 is 15.8 Å². The lowest BCUT2D eigenvalue weighted by atomic mass is 10.1. The number of carbonyl (C=O) groups is 1. The van der Waals surface area contributed by atoms with Crippen molar-refractivity contribution in [2.24, 2.45) is 0 Å². The van der Waals surface area contributed by atoms with Crippen molar-refractivity contribution in [3.05, 3.63) is 72.4 Å². The third-order valence-corrected chi connectivity index (χ3v) is 5.03. The van der Waals surface area contributed by atoms with Crippen molar-refractivity contribution in [3.63, 3.8) is 0 Å². The Hall–Kier alpha value is -3.78. The topological polar surface area (TPSA) is 103 Å². The average Bonchev–Trinajstić information content (AvgIpc) is 3.16. The molecule has 0 saturated heterocycles. The molecule has 3 N–H and O–H groups in total. The molecule has 2 heterocycles. The van der Waals surface area contributed by atoms with Gasteiger partial charge in [0, 0.05) is 17.4 Å². The van der Waals surface area contributed by atoms with E-state index >= 15 is 0 Å². The Morgan fingerprint density at radius 2 is 1.90 bits per heavy atom.